The van der Waals surface area contributed by atoms with Gasteiger partial charge in [-0.15, -0.1) is 0 Å². The molecule has 96 valence electrons. The van der Waals surface area contributed by atoms with E-state index in [1.54, 1.807) is 0 Å². The average molecular weight is 230 g/mol. The summed E-state index contributed by atoms with van der Waals surface area (Å²) in [5.74, 6) is 0. The first-order valence-electron chi connectivity index (χ1n) is 6.54. The minimum absolute atomic E-state index is 0.0444. The van der Waals surface area contributed by atoms with Crippen molar-refractivity contribution in [3.8, 4) is 0 Å². The zero-order valence-electron chi connectivity index (χ0n) is 11.0. The third-order valence-electron chi connectivity index (χ3n) is 2.59. The molecule has 0 saturated heterocycles. The van der Waals surface area contributed by atoms with E-state index in [9.17, 15) is 4.79 Å². The van der Waals surface area contributed by atoms with E-state index < -0.39 is 6.16 Å². The highest BCUT2D eigenvalue weighted by molar-refractivity contribution is 5.59. The molecule has 0 N–H and O–H groups in total. The zero-order valence-corrected chi connectivity index (χ0v) is 11.0. The quantitative estimate of drug-likeness (QED) is 0.437. The first-order chi connectivity index (χ1) is 7.70. The third-order valence-corrected chi connectivity index (χ3v) is 2.59. The molecule has 0 heterocycles. The van der Waals surface area contributed by atoms with Crippen LogP contribution >= 0.6 is 0 Å². The first kappa shape index (κ1) is 15.3. The van der Waals surface area contributed by atoms with Crippen LogP contribution in [0.4, 0.5) is 4.79 Å². The number of unbranched alkanes of at least 4 members (excludes halogenated alkanes) is 5. The van der Waals surface area contributed by atoms with Crippen molar-refractivity contribution in [2.24, 2.45) is 0 Å². The molecule has 0 bridgehead atoms. The Labute approximate surface area is 99.5 Å². The molecule has 0 aliphatic carbocycles. The van der Waals surface area contributed by atoms with Crippen LogP contribution in [0.3, 0.4) is 0 Å². The predicted octanol–water partition coefficient (Wildman–Crippen LogP) is 4.30. The van der Waals surface area contributed by atoms with Crippen molar-refractivity contribution in [1.29, 1.82) is 0 Å². The molecule has 0 amide bonds. The molecule has 3 nitrogen and oxygen atoms in total. The van der Waals surface area contributed by atoms with Gasteiger partial charge < -0.3 is 9.47 Å². The summed E-state index contributed by atoms with van der Waals surface area (Å²) in [6.07, 6.45) is 7.42. The maximum absolute atomic E-state index is 11.1. The number of carbonyl (C=O) groups excluding carboxylic acids is 1. The van der Waals surface area contributed by atoms with Crippen molar-refractivity contribution in [1.82, 2.24) is 0 Å². The second-order valence-corrected chi connectivity index (χ2v) is 4.20. The highest BCUT2D eigenvalue weighted by Crippen LogP contribution is 2.05. The zero-order chi connectivity index (χ0) is 12.2. The molecule has 0 rings (SSSR count). The van der Waals surface area contributed by atoms with Gasteiger partial charge in [0.2, 0.25) is 0 Å². The molecule has 1 unspecified atom stereocenters. The highest BCUT2D eigenvalue weighted by atomic mass is 16.7. The van der Waals surface area contributed by atoms with Crippen LogP contribution in [0.2, 0.25) is 0 Å². The average Bonchev–Trinajstić information content (AvgIpc) is 2.27. The molecule has 0 aromatic carbocycles. The molecule has 3 heteroatoms. The van der Waals surface area contributed by atoms with E-state index in [1.165, 1.54) is 25.7 Å². The van der Waals surface area contributed by atoms with Gasteiger partial charge in [-0.1, -0.05) is 46.0 Å². The molecule has 0 aliphatic heterocycles. The summed E-state index contributed by atoms with van der Waals surface area (Å²) in [6.45, 7) is 6.53. The number of hydrogen-bond acceptors (Lipinski definition) is 3. The molecule has 1 atom stereocenters. The van der Waals surface area contributed by atoms with Crippen molar-refractivity contribution in [2.45, 2.75) is 71.8 Å². The van der Waals surface area contributed by atoms with Crippen LogP contribution < -0.4 is 0 Å². The Hall–Kier alpha value is -0.730. The molecule has 0 aromatic rings. The van der Waals surface area contributed by atoms with Gasteiger partial charge in [0.25, 0.3) is 0 Å². The Morgan fingerprint density at radius 3 is 2.31 bits per heavy atom. The van der Waals surface area contributed by atoms with Crippen LogP contribution in [0.25, 0.3) is 0 Å². The van der Waals surface area contributed by atoms with Gasteiger partial charge in [0.05, 0.1) is 6.61 Å². The topological polar surface area (TPSA) is 35.5 Å². The van der Waals surface area contributed by atoms with E-state index in [0.717, 1.165) is 19.3 Å². The molecule has 0 spiro atoms. The second kappa shape index (κ2) is 10.8. The molecule has 0 fully saturated rings. The fraction of sp³-hybridized carbons (Fsp3) is 0.923. The van der Waals surface area contributed by atoms with Crippen LogP contribution in [0, 0.1) is 0 Å². The monoisotopic (exact) mass is 230 g/mol. The van der Waals surface area contributed by atoms with E-state index in [2.05, 4.69) is 6.92 Å². The van der Waals surface area contributed by atoms with Crippen LogP contribution in [-0.4, -0.2) is 18.9 Å². The fourth-order valence-corrected chi connectivity index (χ4v) is 1.32. The molecule has 0 saturated carbocycles. The van der Waals surface area contributed by atoms with Crippen molar-refractivity contribution < 1.29 is 14.3 Å². The smallest absolute Gasteiger partial charge is 0.434 e. The summed E-state index contributed by atoms with van der Waals surface area (Å²) in [4.78, 5) is 11.1. The van der Waals surface area contributed by atoms with Crippen molar-refractivity contribution in [2.75, 3.05) is 6.61 Å². The Bertz CT molecular complexity index is 169. The predicted molar refractivity (Wildman–Crippen MR) is 65.6 cm³/mol. The summed E-state index contributed by atoms with van der Waals surface area (Å²) < 4.78 is 9.94. The van der Waals surface area contributed by atoms with Gasteiger partial charge in [0.1, 0.15) is 6.10 Å². The normalized spacial score (nSPS) is 12.2. The molecular formula is C13H26O3. The van der Waals surface area contributed by atoms with Crippen LogP contribution in [0.15, 0.2) is 0 Å². The lowest BCUT2D eigenvalue weighted by Gasteiger charge is -2.10. The van der Waals surface area contributed by atoms with Crippen molar-refractivity contribution in [3.05, 3.63) is 0 Å². The van der Waals surface area contributed by atoms with Crippen LogP contribution in [0.1, 0.15) is 65.7 Å². The van der Waals surface area contributed by atoms with Crippen LogP contribution in [-0.2, 0) is 9.47 Å². The van der Waals surface area contributed by atoms with Gasteiger partial charge in [-0.25, -0.2) is 4.79 Å². The highest BCUT2D eigenvalue weighted by Gasteiger charge is 2.07. The first-order valence-corrected chi connectivity index (χ1v) is 6.54. The van der Waals surface area contributed by atoms with Gasteiger partial charge in [-0.05, 0) is 19.8 Å². The minimum Gasteiger partial charge on any atom is -0.434 e. The van der Waals surface area contributed by atoms with Gasteiger partial charge in [-0.3, -0.25) is 0 Å². The summed E-state index contributed by atoms with van der Waals surface area (Å²) in [5.41, 5.74) is 0. The molecule has 0 aromatic heterocycles. The lowest BCUT2D eigenvalue weighted by Crippen LogP contribution is -2.15. The summed E-state index contributed by atoms with van der Waals surface area (Å²) in [5, 5.41) is 0. The van der Waals surface area contributed by atoms with Gasteiger partial charge in [0, 0.05) is 0 Å². The summed E-state index contributed by atoms with van der Waals surface area (Å²) in [7, 11) is 0. The standard InChI is InChI=1S/C13H26O3/c1-4-6-7-8-9-10-11-15-13(14)16-12(3)5-2/h12H,4-11H2,1-3H3. The summed E-state index contributed by atoms with van der Waals surface area (Å²) in [6, 6.07) is 0. The van der Waals surface area contributed by atoms with E-state index >= 15 is 0 Å². The molecule has 16 heavy (non-hydrogen) atoms. The Balaban J connectivity index is 3.21. The second-order valence-electron chi connectivity index (χ2n) is 4.20. The third kappa shape index (κ3) is 9.81. The van der Waals surface area contributed by atoms with Crippen molar-refractivity contribution in [3.63, 3.8) is 0 Å². The Kier molecular flexibility index (Phi) is 10.3. The maximum Gasteiger partial charge on any atom is 0.508 e. The van der Waals surface area contributed by atoms with Crippen LogP contribution in [0.5, 0.6) is 0 Å². The van der Waals surface area contributed by atoms with E-state index in [1.807, 2.05) is 13.8 Å². The van der Waals surface area contributed by atoms with Gasteiger partial charge in [-0.2, -0.15) is 0 Å². The molecular weight excluding hydrogens is 204 g/mol. The van der Waals surface area contributed by atoms with Crippen molar-refractivity contribution >= 4 is 6.16 Å². The number of carbonyl (C=O) groups is 1. The molecule has 0 radical (unpaired) electrons. The van der Waals surface area contributed by atoms with Gasteiger partial charge >= 0.3 is 6.16 Å². The largest absolute Gasteiger partial charge is 0.508 e. The number of hydrogen-bond donors (Lipinski definition) is 0. The summed E-state index contributed by atoms with van der Waals surface area (Å²) >= 11 is 0. The van der Waals surface area contributed by atoms with E-state index in [-0.39, 0.29) is 6.10 Å². The Morgan fingerprint density at radius 2 is 1.69 bits per heavy atom. The minimum atomic E-state index is -0.525. The Morgan fingerprint density at radius 1 is 1.06 bits per heavy atom. The maximum atomic E-state index is 11.1. The molecule has 0 aliphatic rings. The lowest BCUT2D eigenvalue weighted by molar-refractivity contribution is 0.0272. The van der Waals surface area contributed by atoms with E-state index in [4.69, 9.17) is 9.47 Å². The SMILES string of the molecule is CCCCCCCCOC(=O)OC(C)CC. The van der Waals surface area contributed by atoms with E-state index in [0.29, 0.717) is 6.61 Å². The fourth-order valence-electron chi connectivity index (χ4n) is 1.32. The number of ether oxygens (including phenoxy) is 2. The van der Waals surface area contributed by atoms with Gasteiger partial charge in [0.15, 0.2) is 0 Å². The lowest BCUT2D eigenvalue weighted by atomic mass is 10.1. The number of rotatable bonds is 9.